The van der Waals surface area contributed by atoms with Gasteiger partial charge in [-0.2, -0.15) is 0 Å². The summed E-state index contributed by atoms with van der Waals surface area (Å²) in [7, 11) is 0. The molecule has 88 valence electrons. The van der Waals surface area contributed by atoms with Gasteiger partial charge in [0.1, 0.15) is 10.3 Å². The zero-order valence-electron chi connectivity index (χ0n) is 9.71. The van der Waals surface area contributed by atoms with E-state index in [0.29, 0.717) is 16.1 Å². The van der Waals surface area contributed by atoms with Gasteiger partial charge in [-0.05, 0) is 6.92 Å². The maximum atomic E-state index is 5.12. The van der Waals surface area contributed by atoms with Gasteiger partial charge in [0.05, 0.1) is 11.7 Å². The molecule has 18 heavy (non-hydrogen) atoms. The van der Waals surface area contributed by atoms with Crippen LogP contribution in [0.5, 0.6) is 0 Å². The minimum atomic E-state index is 0.513. The van der Waals surface area contributed by atoms with Crippen molar-refractivity contribution in [2.45, 2.75) is 6.92 Å². The molecule has 0 unspecified atom stereocenters. The van der Waals surface area contributed by atoms with Crippen LogP contribution in [0.25, 0.3) is 22.4 Å². The molecule has 2 aromatic heterocycles. The van der Waals surface area contributed by atoms with E-state index in [2.05, 4.69) is 19.9 Å². The number of hydrogen-bond donors (Lipinski definition) is 1. The monoisotopic (exact) mass is 254 g/mol. The van der Waals surface area contributed by atoms with Crippen molar-refractivity contribution in [1.82, 2.24) is 19.9 Å². The van der Waals surface area contributed by atoms with Gasteiger partial charge in [-0.1, -0.05) is 42.0 Å². The number of hydrogen-bond acceptors (Lipinski definition) is 4. The first kappa shape index (κ1) is 11.0. The SMILES string of the molecule is Cc1ccc(-c2ncc3c(=S)nc[nH]c3n2)cc1. The van der Waals surface area contributed by atoms with Gasteiger partial charge in [0.2, 0.25) is 0 Å². The summed E-state index contributed by atoms with van der Waals surface area (Å²) in [5.74, 6) is 0.680. The highest BCUT2D eigenvalue weighted by Crippen LogP contribution is 2.17. The predicted molar refractivity (Wildman–Crippen MR) is 72.7 cm³/mol. The lowest BCUT2D eigenvalue weighted by Crippen LogP contribution is -1.93. The summed E-state index contributed by atoms with van der Waals surface area (Å²) in [5, 5.41) is 0.767. The molecule has 2 heterocycles. The Balaban J connectivity index is 2.19. The third-order valence-corrected chi connectivity index (χ3v) is 3.04. The Morgan fingerprint density at radius 2 is 1.89 bits per heavy atom. The second-order valence-corrected chi connectivity index (χ2v) is 4.42. The summed E-state index contributed by atoms with van der Waals surface area (Å²) in [4.78, 5) is 15.8. The first-order chi connectivity index (χ1) is 8.74. The van der Waals surface area contributed by atoms with Crippen molar-refractivity contribution in [2.75, 3.05) is 0 Å². The molecule has 0 spiro atoms. The van der Waals surface area contributed by atoms with Crippen LogP contribution in [0.4, 0.5) is 0 Å². The number of nitrogens with one attached hydrogen (secondary N) is 1. The van der Waals surface area contributed by atoms with Crippen LogP contribution in [0.2, 0.25) is 0 Å². The summed E-state index contributed by atoms with van der Waals surface area (Å²) in [6.45, 7) is 2.05. The minimum Gasteiger partial charge on any atom is -0.330 e. The van der Waals surface area contributed by atoms with Gasteiger partial charge in [0.25, 0.3) is 0 Å². The van der Waals surface area contributed by atoms with Gasteiger partial charge in [-0.15, -0.1) is 0 Å². The third kappa shape index (κ3) is 1.89. The third-order valence-electron chi connectivity index (χ3n) is 2.71. The Bertz CT molecular complexity index is 762. The van der Waals surface area contributed by atoms with Gasteiger partial charge < -0.3 is 4.98 Å². The van der Waals surface area contributed by atoms with Gasteiger partial charge >= 0.3 is 0 Å². The van der Waals surface area contributed by atoms with Gasteiger partial charge in [-0.3, -0.25) is 0 Å². The zero-order valence-corrected chi connectivity index (χ0v) is 10.5. The van der Waals surface area contributed by atoms with Gasteiger partial charge in [-0.25, -0.2) is 15.0 Å². The average Bonchev–Trinajstić information content (AvgIpc) is 2.39. The quantitative estimate of drug-likeness (QED) is 0.678. The molecule has 4 nitrogen and oxygen atoms in total. The lowest BCUT2D eigenvalue weighted by molar-refractivity contribution is 1.13. The standard InChI is InChI=1S/C13H10N4S/c1-8-2-4-9(5-3-8)11-14-6-10-12(17-11)15-7-16-13(10)18/h2-7H,1H3,(H,14,15,16,17,18). The first-order valence-electron chi connectivity index (χ1n) is 5.51. The Kier molecular flexibility index (Phi) is 2.60. The molecule has 0 radical (unpaired) electrons. The van der Waals surface area contributed by atoms with Crippen LogP contribution < -0.4 is 0 Å². The highest BCUT2D eigenvalue weighted by molar-refractivity contribution is 7.71. The maximum absolute atomic E-state index is 5.12. The molecule has 3 rings (SSSR count). The van der Waals surface area contributed by atoms with Gasteiger partial charge in [0.15, 0.2) is 5.82 Å². The molecule has 0 aliphatic heterocycles. The van der Waals surface area contributed by atoms with Crippen molar-refractivity contribution >= 4 is 23.3 Å². The van der Waals surface area contributed by atoms with E-state index in [-0.39, 0.29) is 0 Å². The normalized spacial score (nSPS) is 10.7. The van der Waals surface area contributed by atoms with Crippen LogP contribution in [0.15, 0.2) is 36.8 Å². The fraction of sp³-hybridized carbons (Fsp3) is 0.0769. The Labute approximate surface area is 109 Å². The van der Waals surface area contributed by atoms with Crippen molar-refractivity contribution in [3.8, 4) is 11.4 Å². The van der Waals surface area contributed by atoms with E-state index in [1.54, 1.807) is 12.5 Å². The molecule has 0 aliphatic carbocycles. The molecule has 0 aliphatic rings. The van der Waals surface area contributed by atoms with E-state index in [1.165, 1.54) is 5.56 Å². The number of aromatic amines is 1. The van der Waals surface area contributed by atoms with Crippen LogP contribution in [-0.2, 0) is 0 Å². The van der Waals surface area contributed by atoms with Crippen LogP contribution in [0.1, 0.15) is 5.56 Å². The van der Waals surface area contributed by atoms with Crippen molar-refractivity contribution < 1.29 is 0 Å². The fourth-order valence-corrected chi connectivity index (χ4v) is 1.91. The van der Waals surface area contributed by atoms with E-state index in [4.69, 9.17) is 12.2 Å². The number of aromatic nitrogens is 4. The number of H-pyrrole nitrogens is 1. The maximum Gasteiger partial charge on any atom is 0.161 e. The molecule has 0 saturated heterocycles. The molecule has 3 aromatic rings. The topological polar surface area (TPSA) is 54.5 Å². The molecule has 5 heteroatoms. The van der Waals surface area contributed by atoms with Crippen LogP contribution in [0.3, 0.4) is 0 Å². The van der Waals surface area contributed by atoms with Crippen molar-refractivity contribution in [1.29, 1.82) is 0 Å². The van der Waals surface area contributed by atoms with E-state index in [9.17, 15) is 0 Å². The molecule has 1 N–H and O–H groups in total. The molecular formula is C13H10N4S. The molecule has 0 fully saturated rings. The van der Waals surface area contributed by atoms with E-state index in [1.807, 2.05) is 31.2 Å². The highest BCUT2D eigenvalue weighted by atomic mass is 32.1. The Morgan fingerprint density at radius 3 is 2.67 bits per heavy atom. The van der Waals surface area contributed by atoms with Crippen LogP contribution in [0, 0.1) is 11.6 Å². The summed E-state index contributed by atoms with van der Waals surface area (Å²) in [5.41, 5.74) is 2.90. The summed E-state index contributed by atoms with van der Waals surface area (Å²) in [6, 6.07) is 8.09. The predicted octanol–water partition coefficient (Wildman–Crippen LogP) is 3.06. The molecule has 0 atom stereocenters. The average molecular weight is 254 g/mol. The molecular weight excluding hydrogens is 244 g/mol. The van der Waals surface area contributed by atoms with E-state index >= 15 is 0 Å². The lowest BCUT2D eigenvalue weighted by Gasteiger charge is -2.02. The van der Waals surface area contributed by atoms with Crippen LogP contribution >= 0.6 is 12.2 Å². The number of nitrogens with zero attached hydrogens (tertiary/aromatic N) is 3. The number of benzene rings is 1. The number of fused-ring (bicyclic) bond motifs is 1. The summed E-state index contributed by atoms with van der Waals surface area (Å²) in [6.07, 6.45) is 3.26. The lowest BCUT2D eigenvalue weighted by atomic mass is 10.1. The zero-order chi connectivity index (χ0) is 12.5. The smallest absolute Gasteiger partial charge is 0.161 e. The second-order valence-electron chi connectivity index (χ2n) is 4.03. The van der Waals surface area contributed by atoms with Crippen LogP contribution in [-0.4, -0.2) is 19.9 Å². The number of rotatable bonds is 1. The molecule has 0 saturated carbocycles. The van der Waals surface area contributed by atoms with Crippen molar-refractivity contribution in [3.63, 3.8) is 0 Å². The summed E-state index contributed by atoms with van der Waals surface area (Å²) >= 11 is 5.12. The summed E-state index contributed by atoms with van der Waals surface area (Å²) < 4.78 is 0.513. The van der Waals surface area contributed by atoms with E-state index < -0.39 is 0 Å². The van der Waals surface area contributed by atoms with Crippen molar-refractivity contribution in [2.24, 2.45) is 0 Å². The molecule has 0 bridgehead atoms. The molecule has 0 amide bonds. The number of aryl methyl sites for hydroxylation is 1. The Hall–Kier alpha value is -2.14. The fourth-order valence-electron chi connectivity index (χ4n) is 1.71. The second kappa shape index (κ2) is 4.27. The van der Waals surface area contributed by atoms with Crippen molar-refractivity contribution in [3.05, 3.63) is 47.0 Å². The largest absolute Gasteiger partial charge is 0.330 e. The Morgan fingerprint density at radius 1 is 1.11 bits per heavy atom. The first-order valence-corrected chi connectivity index (χ1v) is 5.92. The van der Waals surface area contributed by atoms with E-state index in [0.717, 1.165) is 10.9 Å². The highest BCUT2D eigenvalue weighted by Gasteiger charge is 2.04. The molecule has 1 aromatic carbocycles. The minimum absolute atomic E-state index is 0.513. The van der Waals surface area contributed by atoms with Gasteiger partial charge in [0, 0.05) is 11.8 Å².